The molecule has 6 nitrogen and oxygen atoms in total. The molecule has 0 bridgehead atoms. The van der Waals surface area contributed by atoms with Crippen molar-refractivity contribution in [1.82, 2.24) is 8.61 Å². The minimum atomic E-state index is -3.34. The Kier molecular flexibility index (Phi) is 3.93. The van der Waals surface area contributed by atoms with E-state index in [2.05, 4.69) is 0 Å². The van der Waals surface area contributed by atoms with Crippen LogP contribution < -0.4 is 0 Å². The number of rotatable bonds is 4. The van der Waals surface area contributed by atoms with Gasteiger partial charge < -0.3 is 5.11 Å². The van der Waals surface area contributed by atoms with Crippen LogP contribution in [-0.4, -0.2) is 54.3 Å². The molecule has 2 heterocycles. The average molecular weight is 276 g/mol. The molecule has 2 rings (SSSR count). The minimum Gasteiger partial charge on any atom is -0.481 e. The molecule has 0 aliphatic carbocycles. The third kappa shape index (κ3) is 2.53. The van der Waals surface area contributed by atoms with Gasteiger partial charge in [-0.1, -0.05) is 13.3 Å². The van der Waals surface area contributed by atoms with E-state index < -0.39 is 22.1 Å². The molecule has 0 saturated carbocycles. The smallest absolute Gasteiger partial charge is 0.306 e. The second-order valence-corrected chi connectivity index (χ2v) is 7.10. The van der Waals surface area contributed by atoms with Crippen LogP contribution in [0.15, 0.2) is 0 Å². The number of aliphatic carboxylic acids is 1. The Balaban J connectivity index is 1.92. The lowest BCUT2D eigenvalue weighted by Gasteiger charge is -2.43. The van der Waals surface area contributed by atoms with E-state index in [1.54, 1.807) is 6.92 Å². The number of carbonyl (C=O) groups is 1. The molecular weight excluding hydrogens is 256 g/mol. The van der Waals surface area contributed by atoms with Crippen LogP contribution in [0, 0.1) is 11.8 Å². The molecular formula is C11H20N2O4S. The van der Waals surface area contributed by atoms with Crippen LogP contribution in [0.4, 0.5) is 0 Å². The van der Waals surface area contributed by atoms with Crippen molar-refractivity contribution in [2.45, 2.75) is 26.2 Å². The van der Waals surface area contributed by atoms with Crippen LogP contribution in [0.2, 0.25) is 0 Å². The van der Waals surface area contributed by atoms with E-state index in [1.165, 1.54) is 8.61 Å². The van der Waals surface area contributed by atoms with E-state index in [0.29, 0.717) is 26.2 Å². The maximum absolute atomic E-state index is 12.2. The highest BCUT2D eigenvalue weighted by Crippen LogP contribution is 2.29. The van der Waals surface area contributed by atoms with Crippen molar-refractivity contribution in [3.8, 4) is 0 Å². The van der Waals surface area contributed by atoms with Crippen LogP contribution in [0.25, 0.3) is 0 Å². The van der Waals surface area contributed by atoms with Crippen molar-refractivity contribution in [2.75, 3.05) is 26.2 Å². The SMILES string of the molecule is CC(C(=O)O)C1CN(S(=O)(=O)N2CCCCC2)C1. The second kappa shape index (κ2) is 5.14. The first-order chi connectivity index (χ1) is 8.43. The number of nitrogens with zero attached hydrogens (tertiary/aromatic N) is 2. The summed E-state index contributed by atoms with van der Waals surface area (Å²) in [5.74, 6) is -1.38. The number of piperidine rings is 1. The fraction of sp³-hybridized carbons (Fsp3) is 0.909. The lowest BCUT2D eigenvalue weighted by atomic mass is 9.89. The van der Waals surface area contributed by atoms with Gasteiger partial charge in [-0.3, -0.25) is 4.79 Å². The Bertz CT molecular complexity index is 411. The molecule has 0 spiro atoms. The predicted molar refractivity (Wildman–Crippen MR) is 66.2 cm³/mol. The molecule has 0 aromatic carbocycles. The highest BCUT2D eigenvalue weighted by Gasteiger charge is 2.43. The van der Waals surface area contributed by atoms with Gasteiger partial charge in [0.15, 0.2) is 0 Å². The van der Waals surface area contributed by atoms with Crippen molar-refractivity contribution >= 4 is 16.2 Å². The van der Waals surface area contributed by atoms with Gasteiger partial charge in [0.1, 0.15) is 0 Å². The lowest BCUT2D eigenvalue weighted by Crippen LogP contribution is -2.58. The molecule has 2 saturated heterocycles. The van der Waals surface area contributed by atoms with Crippen LogP contribution in [-0.2, 0) is 15.0 Å². The average Bonchev–Trinajstić information content (AvgIpc) is 2.27. The van der Waals surface area contributed by atoms with Crippen molar-refractivity contribution in [3.63, 3.8) is 0 Å². The van der Waals surface area contributed by atoms with Gasteiger partial charge in [-0.05, 0) is 18.8 Å². The number of carboxylic acid groups (broad SMARTS) is 1. The van der Waals surface area contributed by atoms with E-state index in [1.807, 2.05) is 0 Å². The van der Waals surface area contributed by atoms with Crippen molar-refractivity contribution in [3.05, 3.63) is 0 Å². The fourth-order valence-electron chi connectivity index (χ4n) is 2.43. The molecule has 0 aromatic heterocycles. The molecule has 7 heteroatoms. The number of carboxylic acids is 1. The van der Waals surface area contributed by atoms with E-state index in [4.69, 9.17) is 5.11 Å². The van der Waals surface area contributed by atoms with E-state index >= 15 is 0 Å². The van der Waals surface area contributed by atoms with E-state index in [9.17, 15) is 13.2 Å². The van der Waals surface area contributed by atoms with Gasteiger partial charge >= 0.3 is 5.97 Å². The molecule has 0 radical (unpaired) electrons. The summed E-state index contributed by atoms with van der Waals surface area (Å²) in [6, 6.07) is 0. The first-order valence-corrected chi connectivity index (χ1v) is 7.80. The van der Waals surface area contributed by atoms with Gasteiger partial charge in [0.25, 0.3) is 10.2 Å². The topological polar surface area (TPSA) is 77.9 Å². The van der Waals surface area contributed by atoms with Crippen molar-refractivity contribution in [2.24, 2.45) is 11.8 Å². The predicted octanol–water partition coefficient (Wildman–Crippen LogP) is 0.370. The molecule has 0 aromatic rings. The zero-order valence-corrected chi connectivity index (χ0v) is 11.4. The highest BCUT2D eigenvalue weighted by atomic mass is 32.2. The largest absolute Gasteiger partial charge is 0.481 e. The third-order valence-electron chi connectivity index (χ3n) is 3.94. The van der Waals surface area contributed by atoms with Gasteiger partial charge in [0, 0.05) is 26.2 Å². The molecule has 2 fully saturated rings. The fourth-order valence-corrected chi connectivity index (χ4v) is 4.24. The van der Waals surface area contributed by atoms with Crippen molar-refractivity contribution < 1.29 is 18.3 Å². The molecule has 1 N–H and O–H groups in total. The van der Waals surface area contributed by atoms with E-state index in [-0.39, 0.29) is 5.92 Å². The molecule has 104 valence electrons. The Morgan fingerprint density at radius 1 is 1.17 bits per heavy atom. The Hall–Kier alpha value is -0.660. The Morgan fingerprint density at radius 3 is 2.22 bits per heavy atom. The maximum atomic E-state index is 12.2. The van der Waals surface area contributed by atoms with Gasteiger partial charge in [-0.2, -0.15) is 17.0 Å². The summed E-state index contributed by atoms with van der Waals surface area (Å²) in [5, 5.41) is 8.88. The standard InChI is InChI=1S/C11H20N2O4S/c1-9(11(14)15)10-7-13(8-10)18(16,17)12-5-3-2-4-6-12/h9-10H,2-8H2,1H3,(H,14,15). The Morgan fingerprint density at radius 2 is 1.72 bits per heavy atom. The van der Waals surface area contributed by atoms with Crippen LogP contribution in [0.5, 0.6) is 0 Å². The van der Waals surface area contributed by atoms with Gasteiger partial charge in [-0.25, -0.2) is 0 Å². The summed E-state index contributed by atoms with van der Waals surface area (Å²) in [7, 11) is -3.34. The maximum Gasteiger partial charge on any atom is 0.306 e. The van der Waals surface area contributed by atoms with Gasteiger partial charge in [0.05, 0.1) is 5.92 Å². The molecule has 18 heavy (non-hydrogen) atoms. The molecule has 2 aliphatic rings. The zero-order chi connectivity index (χ0) is 13.3. The lowest BCUT2D eigenvalue weighted by molar-refractivity contribution is -0.144. The summed E-state index contributed by atoms with van der Waals surface area (Å²) < 4.78 is 27.4. The van der Waals surface area contributed by atoms with Crippen molar-refractivity contribution in [1.29, 1.82) is 0 Å². The quantitative estimate of drug-likeness (QED) is 0.804. The van der Waals surface area contributed by atoms with Crippen LogP contribution >= 0.6 is 0 Å². The first kappa shape index (κ1) is 13.8. The summed E-state index contributed by atoms with van der Waals surface area (Å²) in [6.45, 7) is 3.51. The number of hydrogen-bond acceptors (Lipinski definition) is 3. The highest BCUT2D eigenvalue weighted by molar-refractivity contribution is 7.86. The Labute approximate surface area is 108 Å². The van der Waals surface area contributed by atoms with Crippen LogP contribution in [0.3, 0.4) is 0 Å². The molecule has 2 aliphatic heterocycles. The van der Waals surface area contributed by atoms with Gasteiger partial charge in [0.2, 0.25) is 0 Å². The van der Waals surface area contributed by atoms with Gasteiger partial charge in [-0.15, -0.1) is 0 Å². The monoisotopic (exact) mass is 276 g/mol. The number of hydrogen-bond donors (Lipinski definition) is 1. The summed E-state index contributed by atoms with van der Waals surface area (Å²) in [5.41, 5.74) is 0. The van der Waals surface area contributed by atoms with Crippen LogP contribution in [0.1, 0.15) is 26.2 Å². The zero-order valence-electron chi connectivity index (χ0n) is 10.6. The molecule has 1 unspecified atom stereocenters. The second-order valence-electron chi connectivity index (χ2n) is 5.17. The third-order valence-corrected chi connectivity index (χ3v) is 5.91. The molecule has 0 amide bonds. The summed E-state index contributed by atoms with van der Waals surface area (Å²) >= 11 is 0. The summed E-state index contributed by atoms with van der Waals surface area (Å²) in [6.07, 6.45) is 2.93. The first-order valence-electron chi connectivity index (χ1n) is 6.41. The molecule has 1 atom stereocenters. The van der Waals surface area contributed by atoms with E-state index in [0.717, 1.165) is 19.3 Å². The minimum absolute atomic E-state index is 0.0536. The normalized spacial score (nSPS) is 25.6. The summed E-state index contributed by atoms with van der Waals surface area (Å²) in [4.78, 5) is 10.8.